The van der Waals surface area contributed by atoms with Crippen molar-refractivity contribution in [3.8, 4) is 0 Å². The van der Waals surface area contributed by atoms with Crippen LogP contribution in [0.15, 0.2) is 91.0 Å². The quantitative estimate of drug-likeness (QED) is 0.487. The van der Waals surface area contributed by atoms with Crippen LogP contribution in [0.5, 0.6) is 0 Å². The van der Waals surface area contributed by atoms with Gasteiger partial charge in [-0.15, -0.1) is 0 Å². The number of rotatable bonds is 10. The second-order valence-corrected chi connectivity index (χ2v) is 8.43. The van der Waals surface area contributed by atoms with Gasteiger partial charge in [-0.05, 0) is 29.7 Å². The summed E-state index contributed by atoms with van der Waals surface area (Å²) in [4.78, 5) is 2.61. The van der Waals surface area contributed by atoms with Crippen LogP contribution in [0, 0.1) is 0 Å². The summed E-state index contributed by atoms with van der Waals surface area (Å²) in [5.74, 6) is 0. The number of nitrogens with zero attached hydrogens (tertiary/aromatic N) is 1. The third-order valence-electron chi connectivity index (χ3n) is 6.01. The van der Waals surface area contributed by atoms with Gasteiger partial charge in [0.2, 0.25) is 0 Å². The molecule has 2 N–H and O–H groups in total. The van der Waals surface area contributed by atoms with Crippen LogP contribution >= 0.6 is 0 Å². The highest BCUT2D eigenvalue weighted by Crippen LogP contribution is 2.36. The molecular formula is C27H33N3. The second kappa shape index (κ2) is 10.0. The highest BCUT2D eigenvalue weighted by Gasteiger charge is 2.45. The molecule has 0 radical (unpaired) electrons. The molecule has 3 heteroatoms. The average Bonchev–Trinajstić information content (AvgIpc) is 2.78. The smallest absolute Gasteiger partial charge is 0.0603 e. The zero-order valence-corrected chi connectivity index (χ0v) is 17.9. The highest BCUT2D eigenvalue weighted by atomic mass is 15.3. The van der Waals surface area contributed by atoms with E-state index in [0.29, 0.717) is 6.04 Å². The van der Waals surface area contributed by atoms with Crippen LogP contribution in [0.2, 0.25) is 0 Å². The molecule has 3 aromatic carbocycles. The van der Waals surface area contributed by atoms with Gasteiger partial charge in [-0.25, -0.2) is 0 Å². The Bertz CT molecular complexity index is 834. The SMILES string of the molecule is CCCNCC1(NCc2ccccc2)CN(C(c2ccccc2)c2ccccc2)C1. The number of hydrogen-bond acceptors (Lipinski definition) is 3. The maximum atomic E-state index is 3.89. The summed E-state index contributed by atoms with van der Waals surface area (Å²) >= 11 is 0. The Hall–Kier alpha value is -2.46. The molecule has 0 aliphatic carbocycles. The Morgan fingerprint density at radius 1 is 0.800 bits per heavy atom. The summed E-state index contributed by atoms with van der Waals surface area (Å²) in [6, 6.07) is 32.8. The fraction of sp³-hybridized carbons (Fsp3) is 0.333. The minimum Gasteiger partial charge on any atom is -0.315 e. The highest BCUT2D eigenvalue weighted by molar-refractivity contribution is 5.33. The molecule has 3 aromatic rings. The van der Waals surface area contributed by atoms with Crippen LogP contribution in [0.3, 0.4) is 0 Å². The van der Waals surface area contributed by atoms with Crippen LogP contribution in [-0.2, 0) is 6.54 Å². The zero-order chi connectivity index (χ0) is 20.7. The summed E-state index contributed by atoms with van der Waals surface area (Å²) in [7, 11) is 0. The number of likely N-dealkylation sites (tertiary alicyclic amines) is 1. The third kappa shape index (κ3) is 4.99. The van der Waals surface area contributed by atoms with Gasteiger partial charge in [0, 0.05) is 26.2 Å². The zero-order valence-electron chi connectivity index (χ0n) is 17.9. The van der Waals surface area contributed by atoms with E-state index < -0.39 is 0 Å². The van der Waals surface area contributed by atoms with Gasteiger partial charge in [0.05, 0.1) is 11.6 Å². The lowest BCUT2D eigenvalue weighted by atomic mass is 9.84. The fourth-order valence-corrected chi connectivity index (χ4v) is 4.47. The first kappa shape index (κ1) is 20.8. The van der Waals surface area contributed by atoms with Crippen LogP contribution in [0.4, 0.5) is 0 Å². The van der Waals surface area contributed by atoms with Crippen LogP contribution in [0.1, 0.15) is 36.1 Å². The molecule has 1 saturated heterocycles. The van der Waals surface area contributed by atoms with Crippen LogP contribution < -0.4 is 10.6 Å². The van der Waals surface area contributed by atoms with Crippen molar-refractivity contribution in [2.24, 2.45) is 0 Å². The maximum absolute atomic E-state index is 3.89. The van der Waals surface area contributed by atoms with Gasteiger partial charge in [0.1, 0.15) is 0 Å². The van der Waals surface area contributed by atoms with Crippen molar-refractivity contribution in [2.75, 3.05) is 26.2 Å². The molecule has 0 amide bonds. The number of benzene rings is 3. The first-order chi connectivity index (χ1) is 14.8. The van der Waals surface area contributed by atoms with E-state index >= 15 is 0 Å². The standard InChI is InChI=1S/C27H33N3/c1-2-18-28-20-27(29-19-23-12-6-3-7-13-23)21-30(22-27)26(24-14-8-4-9-15-24)25-16-10-5-11-17-25/h3-17,26,28-29H,2,18-22H2,1H3. The van der Waals surface area contributed by atoms with E-state index in [1.165, 1.54) is 16.7 Å². The Morgan fingerprint density at radius 3 is 1.87 bits per heavy atom. The Balaban J connectivity index is 1.51. The van der Waals surface area contributed by atoms with E-state index in [1.807, 2.05) is 0 Å². The molecule has 156 valence electrons. The Morgan fingerprint density at radius 2 is 1.33 bits per heavy atom. The van der Waals surface area contributed by atoms with E-state index in [-0.39, 0.29) is 5.54 Å². The molecule has 0 saturated carbocycles. The van der Waals surface area contributed by atoms with E-state index in [2.05, 4.69) is 113 Å². The Labute approximate surface area is 181 Å². The normalized spacial score (nSPS) is 15.8. The summed E-state index contributed by atoms with van der Waals surface area (Å²) in [5.41, 5.74) is 4.17. The van der Waals surface area contributed by atoms with Gasteiger partial charge in [-0.2, -0.15) is 0 Å². The molecule has 0 spiro atoms. The fourth-order valence-electron chi connectivity index (χ4n) is 4.47. The van der Waals surface area contributed by atoms with E-state index in [4.69, 9.17) is 0 Å². The molecule has 1 fully saturated rings. The van der Waals surface area contributed by atoms with Gasteiger partial charge in [-0.3, -0.25) is 4.90 Å². The second-order valence-electron chi connectivity index (χ2n) is 8.43. The minimum atomic E-state index is 0.104. The van der Waals surface area contributed by atoms with Gasteiger partial charge < -0.3 is 10.6 Å². The predicted molar refractivity (Wildman–Crippen MR) is 125 cm³/mol. The van der Waals surface area contributed by atoms with Gasteiger partial charge in [0.15, 0.2) is 0 Å². The third-order valence-corrected chi connectivity index (χ3v) is 6.01. The monoisotopic (exact) mass is 399 g/mol. The molecule has 0 bridgehead atoms. The molecule has 0 aromatic heterocycles. The van der Waals surface area contributed by atoms with Crippen molar-refractivity contribution in [1.29, 1.82) is 0 Å². The minimum absolute atomic E-state index is 0.104. The van der Waals surface area contributed by atoms with Crippen LogP contribution in [-0.4, -0.2) is 36.6 Å². The van der Waals surface area contributed by atoms with Crippen molar-refractivity contribution in [1.82, 2.24) is 15.5 Å². The van der Waals surface area contributed by atoms with Gasteiger partial charge in [0.25, 0.3) is 0 Å². The summed E-state index contributed by atoms with van der Waals surface area (Å²) in [6.45, 7) is 7.26. The van der Waals surface area contributed by atoms with Crippen molar-refractivity contribution in [3.63, 3.8) is 0 Å². The molecule has 3 nitrogen and oxygen atoms in total. The first-order valence-electron chi connectivity index (χ1n) is 11.1. The molecule has 1 aliphatic heterocycles. The van der Waals surface area contributed by atoms with Gasteiger partial charge >= 0.3 is 0 Å². The lowest BCUT2D eigenvalue weighted by Gasteiger charge is -2.54. The average molecular weight is 400 g/mol. The van der Waals surface area contributed by atoms with E-state index in [1.54, 1.807) is 0 Å². The number of nitrogens with one attached hydrogen (secondary N) is 2. The van der Waals surface area contributed by atoms with Crippen molar-refractivity contribution in [2.45, 2.75) is 31.5 Å². The molecule has 0 atom stereocenters. The predicted octanol–water partition coefficient (Wildman–Crippen LogP) is 4.62. The van der Waals surface area contributed by atoms with E-state index in [9.17, 15) is 0 Å². The molecular weight excluding hydrogens is 366 g/mol. The van der Waals surface area contributed by atoms with Crippen molar-refractivity contribution < 1.29 is 0 Å². The molecule has 4 rings (SSSR count). The van der Waals surface area contributed by atoms with Gasteiger partial charge in [-0.1, -0.05) is 97.9 Å². The topological polar surface area (TPSA) is 27.3 Å². The number of hydrogen-bond donors (Lipinski definition) is 2. The van der Waals surface area contributed by atoms with E-state index in [0.717, 1.165) is 39.1 Å². The maximum Gasteiger partial charge on any atom is 0.0603 e. The summed E-state index contributed by atoms with van der Waals surface area (Å²) in [6.07, 6.45) is 1.16. The lowest BCUT2D eigenvalue weighted by Crippen LogP contribution is -2.73. The van der Waals surface area contributed by atoms with Crippen LogP contribution in [0.25, 0.3) is 0 Å². The first-order valence-corrected chi connectivity index (χ1v) is 11.1. The molecule has 30 heavy (non-hydrogen) atoms. The van der Waals surface area contributed by atoms with Crippen molar-refractivity contribution >= 4 is 0 Å². The molecule has 0 unspecified atom stereocenters. The lowest BCUT2D eigenvalue weighted by molar-refractivity contribution is 0.0158. The molecule has 1 heterocycles. The summed E-state index contributed by atoms with van der Waals surface area (Å²) < 4.78 is 0. The van der Waals surface area contributed by atoms with Crippen molar-refractivity contribution in [3.05, 3.63) is 108 Å². The molecule has 1 aliphatic rings. The summed E-state index contributed by atoms with van der Waals surface area (Å²) in [5, 5.41) is 7.56. The largest absolute Gasteiger partial charge is 0.315 e. The Kier molecular flexibility index (Phi) is 6.96.